The lowest BCUT2D eigenvalue weighted by Crippen LogP contribution is -2.44. The van der Waals surface area contributed by atoms with E-state index in [4.69, 9.17) is 16.3 Å². The first-order valence-corrected chi connectivity index (χ1v) is 9.58. The number of carbonyl (C=O) groups excluding carboxylic acids is 2. The van der Waals surface area contributed by atoms with Gasteiger partial charge in [-0.25, -0.2) is 9.37 Å². The minimum Gasteiger partial charge on any atom is -0.479 e. The van der Waals surface area contributed by atoms with Gasteiger partial charge in [0.05, 0.1) is 12.2 Å². The van der Waals surface area contributed by atoms with E-state index in [-0.39, 0.29) is 29.3 Å². The van der Waals surface area contributed by atoms with Gasteiger partial charge in [0, 0.05) is 17.4 Å². The van der Waals surface area contributed by atoms with Gasteiger partial charge in [-0.2, -0.15) is 0 Å². The van der Waals surface area contributed by atoms with Crippen molar-refractivity contribution < 1.29 is 18.7 Å². The summed E-state index contributed by atoms with van der Waals surface area (Å²) in [7, 11) is 0. The number of benzene rings is 2. The minimum atomic E-state index is -0.655. The Morgan fingerprint density at radius 3 is 2.70 bits per heavy atom. The van der Waals surface area contributed by atoms with Gasteiger partial charge in [-0.15, -0.1) is 0 Å². The monoisotopic (exact) mass is 425 g/mol. The van der Waals surface area contributed by atoms with E-state index in [1.54, 1.807) is 48.2 Å². The van der Waals surface area contributed by atoms with E-state index >= 15 is 0 Å². The fraction of sp³-hybridized carbons (Fsp3) is 0.136. The maximum atomic E-state index is 13.2. The van der Waals surface area contributed by atoms with Gasteiger partial charge in [0.25, 0.3) is 11.8 Å². The van der Waals surface area contributed by atoms with Crippen LogP contribution in [0.15, 0.2) is 60.8 Å². The van der Waals surface area contributed by atoms with Crippen LogP contribution >= 0.6 is 11.6 Å². The third-order valence-corrected chi connectivity index (χ3v) is 4.87. The number of amides is 2. The summed E-state index contributed by atoms with van der Waals surface area (Å²) in [5.74, 6) is -0.409. The van der Waals surface area contributed by atoms with Gasteiger partial charge < -0.3 is 15.0 Å². The maximum Gasteiger partial charge on any atom is 0.268 e. The number of anilines is 2. The minimum absolute atomic E-state index is 0.214. The third-order valence-electron chi connectivity index (χ3n) is 4.67. The molecule has 4 rings (SSSR count). The number of carbonyl (C=O) groups is 2. The zero-order valence-corrected chi connectivity index (χ0v) is 16.7. The molecule has 0 spiro atoms. The van der Waals surface area contributed by atoms with Crippen molar-refractivity contribution in [2.45, 2.75) is 19.6 Å². The molecule has 8 heteroatoms. The molecule has 1 unspecified atom stereocenters. The van der Waals surface area contributed by atoms with Crippen LogP contribution in [-0.2, 0) is 11.3 Å². The summed E-state index contributed by atoms with van der Waals surface area (Å²) < 4.78 is 18.9. The average Bonchev–Trinajstić information content (AvgIpc) is 2.73. The maximum absolute atomic E-state index is 13.2. The standard InChI is InChI=1S/C22H17ClFN3O3/c1-13-22(29)27(12-14-2-4-16(24)5-3-14)18-11-17(6-7-19(18)30-13)26-21(28)15-8-9-25-20(23)10-15/h2-11,13H,12H2,1H3,(H,26,28). The zero-order valence-electron chi connectivity index (χ0n) is 15.9. The molecule has 152 valence electrons. The van der Waals surface area contributed by atoms with Crippen molar-refractivity contribution in [2.24, 2.45) is 0 Å². The van der Waals surface area contributed by atoms with Crippen LogP contribution in [-0.4, -0.2) is 22.9 Å². The van der Waals surface area contributed by atoms with Crippen LogP contribution in [0.1, 0.15) is 22.8 Å². The van der Waals surface area contributed by atoms with Crippen molar-refractivity contribution in [1.82, 2.24) is 4.98 Å². The first-order chi connectivity index (χ1) is 14.4. The number of halogens is 2. The van der Waals surface area contributed by atoms with Crippen molar-refractivity contribution in [1.29, 1.82) is 0 Å². The lowest BCUT2D eigenvalue weighted by molar-refractivity contribution is -0.125. The quantitative estimate of drug-likeness (QED) is 0.627. The SMILES string of the molecule is CC1Oc2ccc(NC(=O)c3ccnc(Cl)c3)cc2N(Cc2ccc(F)cc2)C1=O. The van der Waals surface area contributed by atoms with Crippen molar-refractivity contribution >= 4 is 34.8 Å². The number of fused-ring (bicyclic) bond motifs is 1. The summed E-state index contributed by atoms with van der Waals surface area (Å²) in [6.45, 7) is 1.92. The van der Waals surface area contributed by atoms with Crippen LogP contribution in [0.4, 0.5) is 15.8 Å². The first-order valence-electron chi connectivity index (χ1n) is 9.20. The van der Waals surface area contributed by atoms with Gasteiger partial charge in [0.15, 0.2) is 6.10 Å². The summed E-state index contributed by atoms with van der Waals surface area (Å²) in [5, 5.41) is 3.00. The van der Waals surface area contributed by atoms with E-state index in [2.05, 4.69) is 10.3 Å². The highest BCUT2D eigenvalue weighted by molar-refractivity contribution is 6.29. The van der Waals surface area contributed by atoms with Gasteiger partial charge in [-0.05, 0) is 55.0 Å². The molecule has 0 bridgehead atoms. The molecule has 2 amide bonds. The van der Waals surface area contributed by atoms with Crippen molar-refractivity contribution in [2.75, 3.05) is 10.2 Å². The molecule has 0 saturated heterocycles. The molecule has 0 saturated carbocycles. The van der Waals surface area contributed by atoms with E-state index in [9.17, 15) is 14.0 Å². The molecule has 1 aromatic heterocycles. The molecule has 1 N–H and O–H groups in total. The summed E-state index contributed by atoms with van der Waals surface area (Å²) in [5.41, 5.74) is 2.14. The van der Waals surface area contributed by atoms with Crippen LogP contribution < -0.4 is 15.0 Å². The summed E-state index contributed by atoms with van der Waals surface area (Å²) in [6.07, 6.45) is 0.792. The highest BCUT2D eigenvalue weighted by atomic mass is 35.5. The lowest BCUT2D eigenvalue weighted by atomic mass is 10.1. The zero-order chi connectivity index (χ0) is 21.3. The smallest absolute Gasteiger partial charge is 0.268 e. The molecule has 1 aliphatic heterocycles. The first kappa shape index (κ1) is 19.8. The number of nitrogens with zero attached hydrogens (tertiary/aromatic N) is 2. The molecule has 0 aliphatic carbocycles. The Labute approximate surface area is 177 Å². The molecule has 3 aromatic rings. The van der Waals surface area contributed by atoms with E-state index in [0.717, 1.165) is 5.56 Å². The van der Waals surface area contributed by atoms with Crippen LogP contribution in [0.3, 0.4) is 0 Å². The fourth-order valence-electron chi connectivity index (χ4n) is 3.17. The van der Waals surface area contributed by atoms with Crippen molar-refractivity contribution in [3.63, 3.8) is 0 Å². The highest BCUT2D eigenvalue weighted by Gasteiger charge is 2.32. The molecule has 2 aromatic carbocycles. The van der Waals surface area contributed by atoms with Crippen LogP contribution in [0.2, 0.25) is 5.15 Å². The Kier molecular flexibility index (Phi) is 5.37. The molecule has 0 radical (unpaired) electrons. The predicted molar refractivity (Wildman–Crippen MR) is 111 cm³/mol. The molecule has 0 fully saturated rings. The average molecular weight is 426 g/mol. The number of hydrogen-bond acceptors (Lipinski definition) is 4. The van der Waals surface area contributed by atoms with Crippen LogP contribution in [0.5, 0.6) is 5.75 Å². The highest BCUT2D eigenvalue weighted by Crippen LogP contribution is 2.37. The van der Waals surface area contributed by atoms with E-state index in [0.29, 0.717) is 22.7 Å². The molecule has 2 heterocycles. The normalized spacial score (nSPS) is 15.4. The van der Waals surface area contributed by atoms with Gasteiger partial charge in [0.2, 0.25) is 0 Å². The molecule has 30 heavy (non-hydrogen) atoms. The Morgan fingerprint density at radius 2 is 1.97 bits per heavy atom. The predicted octanol–water partition coefficient (Wildman–Crippen LogP) is 4.44. The van der Waals surface area contributed by atoms with Gasteiger partial charge in [0.1, 0.15) is 16.7 Å². The number of hydrogen-bond donors (Lipinski definition) is 1. The van der Waals surface area contributed by atoms with E-state index < -0.39 is 6.10 Å². The molecule has 6 nitrogen and oxygen atoms in total. The Morgan fingerprint density at radius 1 is 1.20 bits per heavy atom. The number of rotatable bonds is 4. The number of aromatic nitrogens is 1. The van der Waals surface area contributed by atoms with Crippen molar-refractivity contribution in [3.05, 3.63) is 82.9 Å². The number of pyridine rings is 1. The van der Waals surface area contributed by atoms with E-state index in [1.807, 2.05) is 0 Å². The van der Waals surface area contributed by atoms with Gasteiger partial charge in [-0.3, -0.25) is 9.59 Å². The largest absolute Gasteiger partial charge is 0.479 e. The Bertz CT molecular complexity index is 1120. The number of nitrogens with one attached hydrogen (secondary N) is 1. The van der Waals surface area contributed by atoms with Gasteiger partial charge in [-0.1, -0.05) is 23.7 Å². The summed E-state index contributed by atoms with van der Waals surface area (Å²) >= 11 is 5.85. The van der Waals surface area contributed by atoms with Crippen LogP contribution in [0.25, 0.3) is 0 Å². The summed E-state index contributed by atoms with van der Waals surface area (Å²) in [6, 6.07) is 14.0. The Hall–Kier alpha value is -3.45. The fourth-order valence-corrected chi connectivity index (χ4v) is 3.34. The van der Waals surface area contributed by atoms with Gasteiger partial charge >= 0.3 is 0 Å². The Balaban J connectivity index is 1.63. The molecular formula is C22H17ClFN3O3. The molecule has 1 atom stereocenters. The van der Waals surface area contributed by atoms with Crippen molar-refractivity contribution in [3.8, 4) is 5.75 Å². The summed E-state index contributed by atoms with van der Waals surface area (Å²) in [4.78, 5) is 30.7. The van der Waals surface area contributed by atoms with E-state index in [1.165, 1.54) is 24.4 Å². The lowest BCUT2D eigenvalue weighted by Gasteiger charge is -2.33. The second-order valence-electron chi connectivity index (χ2n) is 6.81. The number of ether oxygens (including phenoxy) is 1. The molecule has 1 aliphatic rings. The second kappa shape index (κ2) is 8.12. The van der Waals surface area contributed by atoms with Crippen LogP contribution in [0, 0.1) is 5.82 Å². The molecular weight excluding hydrogens is 409 g/mol. The second-order valence-corrected chi connectivity index (χ2v) is 7.20. The topological polar surface area (TPSA) is 71.5 Å². The third kappa shape index (κ3) is 4.11.